The van der Waals surface area contributed by atoms with E-state index in [2.05, 4.69) is 85.9 Å². The molecule has 0 spiro atoms. The van der Waals surface area contributed by atoms with E-state index in [0.29, 0.717) is 44.6 Å². The van der Waals surface area contributed by atoms with Crippen molar-refractivity contribution in [3.8, 4) is 33.6 Å². The van der Waals surface area contributed by atoms with Crippen molar-refractivity contribution in [1.82, 2.24) is 35.1 Å². The van der Waals surface area contributed by atoms with E-state index in [0.717, 1.165) is 44.4 Å². The molecule has 0 aliphatic carbocycles. The molecule has 14 heteroatoms. The highest BCUT2D eigenvalue weighted by molar-refractivity contribution is 5.91. The van der Waals surface area contributed by atoms with Gasteiger partial charge < -0.3 is 45.0 Å². The molecule has 14 nitrogen and oxygen atoms in total. The molecule has 4 heterocycles. The number of morpholine rings is 2. The van der Waals surface area contributed by atoms with Crippen molar-refractivity contribution in [2.45, 2.75) is 51.9 Å². The number of H-pyrrole nitrogens is 2. The van der Waals surface area contributed by atoms with E-state index in [-0.39, 0.29) is 36.3 Å². The summed E-state index contributed by atoms with van der Waals surface area (Å²) in [7, 11) is 1.28. The van der Waals surface area contributed by atoms with Gasteiger partial charge in [0.25, 0.3) is 0 Å². The van der Waals surface area contributed by atoms with E-state index in [1.807, 2.05) is 27.7 Å². The molecule has 5 N–H and O–H groups in total. The number of aromatic amines is 2. The molecular weight excluding hydrogens is 713 g/mol. The maximum atomic E-state index is 13.7. The lowest BCUT2D eigenvalue weighted by Gasteiger charge is -2.37. The summed E-state index contributed by atoms with van der Waals surface area (Å²) < 4.78 is 16.3. The van der Waals surface area contributed by atoms with Gasteiger partial charge in [-0.25, -0.2) is 14.8 Å². The van der Waals surface area contributed by atoms with Crippen molar-refractivity contribution in [3.05, 3.63) is 84.7 Å². The summed E-state index contributed by atoms with van der Waals surface area (Å²) in [6, 6.07) is 18.9. The highest BCUT2D eigenvalue weighted by atomic mass is 16.5. The number of aromatic nitrogens is 4. The molecule has 3 aromatic carbocycles. The number of nitrogens with zero attached hydrogens (tertiary/aromatic N) is 4. The molecule has 0 bridgehead atoms. The van der Waals surface area contributed by atoms with Crippen LogP contribution in [0.2, 0.25) is 0 Å². The molecule has 7 rings (SSSR count). The van der Waals surface area contributed by atoms with Gasteiger partial charge in [-0.3, -0.25) is 9.59 Å². The maximum Gasteiger partial charge on any atom is 0.407 e. The molecule has 0 unspecified atom stereocenters. The first-order valence-electron chi connectivity index (χ1n) is 19.1. The Morgan fingerprint density at radius 3 is 1.79 bits per heavy atom. The average Bonchev–Trinajstić information content (AvgIpc) is 3.93. The van der Waals surface area contributed by atoms with Crippen LogP contribution >= 0.6 is 0 Å². The lowest BCUT2D eigenvalue weighted by molar-refractivity contribution is -0.144. The summed E-state index contributed by atoms with van der Waals surface area (Å²) in [6.45, 7) is 10.0. The van der Waals surface area contributed by atoms with E-state index in [9.17, 15) is 14.4 Å². The van der Waals surface area contributed by atoms with Crippen LogP contribution in [0.25, 0.3) is 44.4 Å². The second-order valence-corrected chi connectivity index (χ2v) is 15.1. The predicted octanol–water partition coefficient (Wildman–Crippen LogP) is 5.45. The van der Waals surface area contributed by atoms with Crippen LogP contribution in [-0.4, -0.2) is 106 Å². The zero-order valence-corrected chi connectivity index (χ0v) is 32.5. The van der Waals surface area contributed by atoms with Crippen LogP contribution in [-0.2, 0) is 23.8 Å². The quantitative estimate of drug-likeness (QED) is 0.144. The van der Waals surface area contributed by atoms with Gasteiger partial charge in [0.15, 0.2) is 0 Å². The minimum Gasteiger partial charge on any atom is -0.453 e. The van der Waals surface area contributed by atoms with Crippen molar-refractivity contribution < 1.29 is 28.6 Å². The third kappa shape index (κ3) is 8.04. The molecule has 4 atom stereocenters. The van der Waals surface area contributed by atoms with Crippen LogP contribution in [0.3, 0.4) is 0 Å². The Morgan fingerprint density at radius 2 is 1.23 bits per heavy atom. The number of alkyl carbamates (subject to hydrolysis) is 1. The summed E-state index contributed by atoms with van der Waals surface area (Å²) in [6.07, 6.45) is 2.93. The molecule has 0 saturated carbocycles. The number of fused-ring (bicyclic) bond motifs is 1. The minimum atomic E-state index is -0.743. The molecule has 2 saturated heterocycles. The van der Waals surface area contributed by atoms with Gasteiger partial charge in [0.05, 0.1) is 63.4 Å². The summed E-state index contributed by atoms with van der Waals surface area (Å²) >= 11 is 0. The third-order valence-corrected chi connectivity index (χ3v) is 10.7. The Labute approximate surface area is 326 Å². The van der Waals surface area contributed by atoms with Crippen LogP contribution in [0.4, 0.5) is 4.79 Å². The highest BCUT2D eigenvalue weighted by Gasteiger charge is 2.37. The van der Waals surface area contributed by atoms with Crippen molar-refractivity contribution >= 4 is 28.7 Å². The lowest BCUT2D eigenvalue weighted by Crippen LogP contribution is -2.54. The molecule has 5 aromatic rings. The number of ether oxygens (including phenoxy) is 3. The number of methoxy groups -OCH3 is 1. The first-order chi connectivity index (χ1) is 27.0. The van der Waals surface area contributed by atoms with Crippen molar-refractivity contribution in [3.63, 3.8) is 0 Å². The van der Waals surface area contributed by atoms with Crippen LogP contribution in [0.5, 0.6) is 0 Å². The Kier molecular flexibility index (Phi) is 11.5. The summed E-state index contributed by atoms with van der Waals surface area (Å²) in [4.78, 5) is 58.5. The number of nitrogens with two attached hydrogens (primary N) is 1. The Balaban J connectivity index is 1.05. The van der Waals surface area contributed by atoms with E-state index >= 15 is 0 Å². The van der Waals surface area contributed by atoms with Crippen molar-refractivity contribution in [2.24, 2.45) is 17.6 Å². The van der Waals surface area contributed by atoms with Gasteiger partial charge in [-0.15, -0.1) is 0 Å². The average molecular weight is 763 g/mol. The maximum absolute atomic E-state index is 13.7. The molecule has 0 radical (unpaired) electrons. The number of imidazole rings is 2. The normalized spacial score (nSPS) is 18.6. The van der Waals surface area contributed by atoms with Gasteiger partial charge in [0.2, 0.25) is 11.8 Å². The number of nitrogens with one attached hydrogen (secondary N) is 3. The van der Waals surface area contributed by atoms with E-state index in [4.69, 9.17) is 19.9 Å². The molecule has 2 fully saturated rings. The van der Waals surface area contributed by atoms with E-state index < -0.39 is 24.2 Å². The van der Waals surface area contributed by atoms with Crippen LogP contribution in [0.15, 0.2) is 73.1 Å². The smallest absolute Gasteiger partial charge is 0.407 e. The largest absolute Gasteiger partial charge is 0.453 e. The molecule has 2 aromatic heterocycles. The van der Waals surface area contributed by atoms with Crippen molar-refractivity contribution in [2.75, 3.05) is 46.6 Å². The Bertz CT molecular complexity index is 2180. The predicted molar refractivity (Wildman–Crippen MR) is 212 cm³/mol. The molecule has 294 valence electrons. The molecule has 3 amide bonds. The van der Waals surface area contributed by atoms with E-state index in [1.165, 1.54) is 7.11 Å². The van der Waals surface area contributed by atoms with Gasteiger partial charge in [-0.2, -0.15) is 0 Å². The van der Waals surface area contributed by atoms with Gasteiger partial charge in [-0.05, 0) is 51.4 Å². The van der Waals surface area contributed by atoms with Crippen LogP contribution in [0.1, 0.15) is 51.4 Å². The fourth-order valence-electron chi connectivity index (χ4n) is 7.28. The highest BCUT2D eigenvalue weighted by Crippen LogP contribution is 2.32. The second-order valence-electron chi connectivity index (χ2n) is 15.1. The first kappa shape index (κ1) is 38.7. The van der Waals surface area contributed by atoms with Gasteiger partial charge in [0, 0.05) is 18.7 Å². The number of carbonyl (C=O) groups is 3. The molecule has 2 aliphatic heterocycles. The molecule has 2 aliphatic rings. The van der Waals surface area contributed by atoms with Gasteiger partial charge >= 0.3 is 6.09 Å². The number of benzene rings is 3. The molecular formula is C42H50N8O6. The Morgan fingerprint density at radius 1 is 0.732 bits per heavy atom. The monoisotopic (exact) mass is 762 g/mol. The van der Waals surface area contributed by atoms with Crippen LogP contribution in [0, 0.1) is 11.8 Å². The number of rotatable bonds is 10. The summed E-state index contributed by atoms with van der Waals surface area (Å²) in [5.74, 6) is 0.893. The fraction of sp³-hybridized carbons (Fsp3) is 0.405. The van der Waals surface area contributed by atoms with Gasteiger partial charge in [-0.1, -0.05) is 76.2 Å². The van der Waals surface area contributed by atoms with Crippen molar-refractivity contribution in [1.29, 1.82) is 0 Å². The zero-order chi connectivity index (χ0) is 39.5. The minimum absolute atomic E-state index is 0.0341. The van der Waals surface area contributed by atoms with Crippen LogP contribution < -0.4 is 11.1 Å². The lowest BCUT2D eigenvalue weighted by atomic mass is 9.98. The summed E-state index contributed by atoms with van der Waals surface area (Å²) in [5.41, 5.74) is 12.0. The topological polar surface area (TPSA) is 181 Å². The standard InChI is InChI=1S/C42H50N8O6/c1-24(2)36(43)40(51)49-14-16-55-22-34(49)38-44-20-32(46-38)27-8-6-26(7-9-27)28-10-11-30-19-31(13-12-29(30)18-28)33-21-45-39(47-33)35-23-56-17-15-50(35)41(52)37(25(3)4)48-42(53)54-5/h6-13,18-21,24-25,34-37H,14-17,22-23,43H2,1-5H3,(H,44,46)(H,45,47)(H,48,53)/t34-,35-,36-,37-/m0/s1. The fourth-order valence-corrected chi connectivity index (χ4v) is 7.28. The summed E-state index contributed by atoms with van der Waals surface area (Å²) in [5, 5.41) is 4.85. The number of amides is 3. The molecule has 56 heavy (non-hydrogen) atoms. The first-order valence-corrected chi connectivity index (χ1v) is 19.1. The number of hydrogen-bond acceptors (Lipinski definition) is 9. The Hall–Kier alpha value is -5.57. The van der Waals surface area contributed by atoms with Gasteiger partial charge in [0.1, 0.15) is 29.8 Å². The SMILES string of the molecule is COC(=O)N[C@H](C(=O)N1CCOC[C@H]1c1ncc(-c2ccc3cc(-c4ccc(-c5cnc([C@@H]6COCCN6C(=O)[C@@H](N)C(C)C)[nH]5)cc4)ccc3c2)[nH]1)C(C)C. The second kappa shape index (κ2) is 16.7. The number of hydrogen-bond donors (Lipinski definition) is 4. The third-order valence-electron chi connectivity index (χ3n) is 10.7. The number of carbonyl (C=O) groups excluding carboxylic acids is 3. The van der Waals surface area contributed by atoms with E-state index in [1.54, 1.807) is 22.2 Å². The zero-order valence-electron chi connectivity index (χ0n) is 32.5.